The number of hydrogen-bond acceptors (Lipinski definition) is 5. The molecule has 0 aromatic carbocycles. The Bertz CT molecular complexity index is 943. The monoisotopic (exact) mass is 387 g/mol. The number of nitrogens with zero attached hydrogens (tertiary/aromatic N) is 4. The predicted molar refractivity (Wildman–Crippen MR) is 108 cm³/mol. The molecule has 1 N–H and O–H groups in total. The third kappa shape index (κ3) is 4.32. The van der Waals surface area contributed by atoms with Crippen LogP contribution in [-0.4, -0.2) is 51.1 Å². The largest absolute Gasteiger partial charge is 0.353 e. The molecular weight excluding hydrogens is 358 g/mol. The van der Waals surface area contributed by atoms with E-state index in [1.54, 1.807) is 25.3 Å². The van der Waals surface area contributed by atoms with Gasteiger partial charge in [-0.3, -0.25) is 23.5 Å². The molecule has 0 aliphatic heterocycles. The quantitative estimate of drug-likeness (QED) is 0.715. The van der Waals surface area contributed by atoms with E-state index in [2.05, 4.69) is 22.2 Å². The number of rotatable bonds is 7. The first-order valence-electron chi connectivity index (χ1n) is 10.1. The molecule has 1 saturated carbocycles. The van der Waals surface area contributed by atoms with E-state index in [4.69, 9.17) is 0 Å². The fraction of sp³-hybridized carbons (Fsp3) is 0.600. The van der Waals surface area contributed by atoms with E-state index < -0.39 is 11.1 Å². The second-order valence-electron chi connectivity index (χ2n) is 7.41. The number of carbonyl (C=O) groups is 1. The van der Waals surface area contributed by atoms with Gasteiger partial charge in [-0.05, 0) is 38.9 Å². The van der Waals surface area contributed by atoms with Crippen LogP contribution < -0.4 is 16.4 Å². The van der Waals surface area contributed by atoms with Crippen LogP contribution in [0.4, 0.5) is 0 Å². The first kappa shape index (κ1) is 20.3. The van der Waals surface area contributed by atoms with E-state index in [1.807, 2.05) is 0 Å². The maximum atomic E-state index is 12.5. The Morgan fingerprint density at radius 1 is 1.21 bits per heavy atom. The minimum absolute atomic E-state index is 0.187. The summed E-state index contributed by atoms with van der Waals surface area (Å²) in [6, 6.07) is 3.99. The number of hydrogen-bond donors (Lipinski definition) is 1. The minimum atomic E-state index is -0.697. The lowest BCUT2D eigenvalue weighted by Gasteiger charge is -2.31. The van der Waals surface area contributed by atoms with Crippen molar-refractivity contribution in [2.24, 2.45) is 0 Å². The number of aromatic nitrogens is 3. The first-order valence-corrected chi connectivity index (χ1v) is 10.1. The van der Waals surface area contributed by atoms with E-state index in [1.165, 1.54) is 41.2 Å². The van der Waals surface area contributed by atoms with Gasteiger partial charge in [0.25, 0.3) is 0 Å². The second kappa shape index (κ2) is 9.14. The predicted octanol–water partition coefficient (Wildman–Crippen LogP) is 0.959. The maximum absolute atomic E-state index is 12.5. The Balaban J connectivity index is 1.67. The summed E-state index contributed by atoms with van der Waals surface area (Å²) >= 11 is 0. The Morgan fingerprint density at radius 3 is 2.64 bits per heavy atom. The number of nitrogens with one attached hydrogen (secondary N) is 1. The molecule has 3 rings (SSSR count). The van der Waals surface area contributed by atoms with Crippen molar-refractivity contribution in [1.29, 1.82) is 0 Å². The molecular formula is C20H29N5O3. The zero-order chi connectivity index (χ0) is 20.1. The van der Waals surface area contributed by atoms with Crippen LogP contribution in [0.25, 0.3) is 11.2 Å². The molecule has 0 spiro atoms. The molecule has 152 valence electrons. The normalized spacial score (nSPS) is 15.2. The van der Waals surface area contributed by atoms with Crippen molar-refractivity contribution in [3.8, 4) is 0 Å². The molecule has 0 atom stereocenters. The van der Waals surface area contributed by atoms with Gasteiger partial charge in [0.15, 0.2) is 5.65 Å². The molecule has 1 amide bonds. The van der Waals surface area contributed by atoms with E-state index >= 15 is 0 Å². The molecule has 2 aromatic rings. The molecule has 0 bridgehead atoms. The van der Waals surface area contributed by atoms with Crippen molar-refractivity contribution in [1.82, 2.24) is 24.3 Å². The molecule has 8 nitrogen and oxygen atoms in total. The zero-order valence-electron chi connectivity index (χ0n) is 16.7. The van der Waals surface area contributed by atoms with Gasteiger partial charge in [0.05, 0.1) is 5.52 Å². The first-order chi connectivity index (χ1) is 13.5. The Labute approximate surface area is 164 Å². The van der Waals surface area contributed by atoms with Crippen LogP contribution in [0.3, 0.4) is 0 Å². The summed E-state index contributed by atoms with van der Waals surface area (Å²) < 4.78 is 2.56. The number of pyridine rings is 1. The highest BCUT2D eigenvalue weighted by molar-refractivity contribution is 5.78. The Hall–Kier alpha value is -2.48. The number of carbonyl (C=O) groups excluding carboxylic acids is 1. The van der Waals surface area contributed by atoms with Gasteiger partial charge in [0.2, 0.25) is 5.91 Å². The molecule has 2 aromatic heterocycles. The van der Waals surface area contributed by atoms with Gasteiger partial charge in [-0.15, -0.1) is 0 Å². The number of likely N-dealkylation sites (N-methyl/N-ethyl adjacent to an activating group) is 1. The van der Waals surface area contributed by atoms with Crippen molar-refractivity contribution in [2.75, 3.05) is 20.1 Å². The summed E-state index contributed by atoms with van der Waals surface area (Å²) in [5, 5.41) is 2.87. The van der Waals surface area contributed by atoms with Gasteiger partial charge in [-0.2, -0.15) is 0 Å². The van der Waals surface area contributed by atoms with E-state index in [-0.39, 0.29) is 12.5 Å². The lowest BCUT2D eigenvalue weighted by atomic mass is 9.94. The van der Waals surface area contributed by atoms with E-state index in [0.29, 0.717) is 30.3 Å². The molecule has 0 unspecified atom stereocenters. The van der Waals surface area contributed by atoms with Crippen LogP contribution in [0, 0.1) is 0 Å². The van der Waals surface area contributed by atoms with E-state index in [9.17, 15) is 14.4 Å². The zero-order valence-corrected chi connectivity index (χ0v) is 16.7. The van der Waals surface area contributed by atoms with Crippen molar-refractivity contribution in [3.05, 3.63) is 39.0 Å². The van der Waals surface area contributed by atoms with Crippen molar-refractivity contribution in [3.63, 3.8) is 0 Å². The Morgan fingerprint density at radius 2 is 1.93 bits per heavy atom. The smallest absolute Gasteiger partial charge is 0.318 e. The Kier molecular flexibility index (Phi) is 6.61. The average molecular weight is 387 g/mol. The molecule has 1 aliphatic carbocycles. The summed E-state index contributed by atoms with van der Waals surface area (Å²) in [6.45, 7) is 3.23. The van der Waals surface area contributed by atoms with Gasteiger partial charge in [0.1, 0.15) is 6.54 Å². The van der Waals surface area contributed by atoms with Crippen LogP contribution in [0.5, 0.6) is 0 Å². The minimum Gasteiger partial charge on any atom is -0.353 e. The lowest BCUT2D eigenvalue weighted by molar-refractivity contribution is -0.121. The topological polar surface area (TPSA) is 89.2 Å². The van der Waals surface area contributed by atoms with Crippen LogP contribution in [0.2, 0.25) is 0 Å². The highest BCUT2D eigenvalue weighted by Gasteiger charge is 2.18. The lowest BCUT2D eigenvalue weighted by Crippen LogP contribution is -2.45. The highest BCUT2D eigenvalue weighted by Crippen LogP contribution is 2.21. The van der Waals surface area contributed by atoms with Crippen LogP contribution in [-0.2, 0) is 17.9 Å². The summed E-state index contributed by atoms with van der Waals surface area (Å²) in [5.74, 6) is -0.280. The molecule has 8 heteroatoms. The second-order valence-corrected chi connectivity index (χ2v) is 7.41. The molecule has 1 aliphatic rings. The molecule has 28 heavy (non-hydrogen) atoms. The molecule has 0 radical (unpaired) electrons. The highest BCUT2D eigenvalue weighted by atomic mass is 16.2. The van der Waals surface area contributed by atoms with Crippen LogP contribution >= 0.6 is 0 Å². The van der Waals surface area contributed by atoms with Crippen LogP contribution in [0.15, 0.2) is 27.9 Å². The van der Waals surface area contributed by atoms with Crippen LogP contribution in [0.1, 0.15) is 39.0 Å². The molecule has 1 fully saturated rings. The maximum Gasteiger partial charge on any atom is 0.318 e. The fourth-order valence-corrected chi connectivity index (χ4v) is 3.97. The van der Waals surface area contributed by atoms with Gasteiger partial charge in [-0.1, -0.05) is 19.3 Å². The third-order valence-corrected chi connectivity index (χ3v) is 5.59. The molecule has 0 saturated heterocycles. The van der Waals surface area contributed by atoms with Gasteiger partial charge >= 0.3 is 11.1 Å². The van der Waals surface area contributed by atoms with Crippen molar-refractivity contribution < 1.29 is 4.79 Å². The van der Waals surface area contributed by atoms with Gasteiger partial charge < -0.3 is 10.2 Å². The van der Waals surface area contributed by atoms with Crippen molar-refractivity contribution >= 4 is 17.1 Å². The van der Waals surface area contributed by atoms with Gasteiger partial charge in [0, 0.05) is 31.9 Å². The van der Waals surface area contributed by atoms with E-state index in [0.717, 1.165) is 6.54 Å². The van der Waals surface area contributed by atoms with Crippen molar-refractivity contribution in [2.45, 2.75) is 58.2 Å². The SMILES string of the molecule is CCn1c(=O)c(=O)n(CC(=O)NCCN(C)C2CCCCC2)c2cccnc21. The summed E-state index contributed by atoms with van der Waals surface area (Å²) in [4.78, 5) is 43.8. The summed E-state index contributed by atoms with van der Waals surface area (Å²) in [6.07, 6.45) is 7.86. The molecule has 2 heterocycles. The third-order valence-electron chi connectivity index (χ3n) is 5.59. The fourth-order valence-electron chi connectivity index (χ4n) is 3.97. The number of aryl methyl sites for hydroxylation is 1. The standard InChI is InChI=1S/C20H29N5O3/c1-3-24-18-16(10-7-11-22-18)25(20(28)19(24)27)14-17(26)21-12-13-23(2)15-8-5-4-6-9-15/h7,10-11,15H,3-6,8-9,12-14H2,1-2H3,(H,21,26). The average Bonchev–Trinajstić information content (AvgIpc) is 2.72. The summed E-state index contributed by atoms with van der Waals surface area (Å²) in [7, 11) is 2.09. The number of amides is 1. The number of fused-ring (bicyclic) bond motifs is 1. The van der Waals surface area contributed by atoms with Gasteiger partial charge in [-0.25, -0.2) is 4.98 Å². The summed E-state index contributed by atoms with van der Waals surface area (Å²) in [5.41, 5.74) is -0.446.